The first-order valence-corrected chi connectivity index (χ1v) is 16.0. The summed E-state index contributed by atoms with van der Waals surface area (Å²) < 4.78 is 0. The van der Waals surface area contributed by atoms with Crippen molar-refractivity contribution in [1.29, 1.82) is 10.7 Å². The van der Waals surface area contributed by atoms with Crippen LogP contribution < -0.4 is 4.90 Å². The highest BCUT2D eigenvalue weighted by Crippen LogP contribution is 2.59. The van der Waals surface area contributed by atoms with Gasteiger partial charge in [0, 0.05) is 11.3 Å². The molecule has 0 fully saturated rings. The van der Waals surface area contributed by atoms with Gasteiger partial charge in [0.1, 0.15) is 11.5 Å². The van der Waals surface area contributed by atoms with Gasteiger partial charge in [-0.3, -0.25) is 9.59 Å². The third kappa shape index (κ3) is 4.90. The molecule has 0 saturated heterocycles. The van der Waals surface area contributed by atoms with Gasteiger partial charge in [-0.05, 0) is 59.6 Å². The van der Waals surface area contributed by atoms with Crippen molar-refractivity contribution in [3.8, 4) is 6.07 Å². The number of nitriles is 1. The van der Waals surface area contributed by atoms with E-state index in [0.717, 1.165) is 34.2 Å². The first kappa shape index (κ1) is 30.5. The zero-order valence-corrected chi connectivity index (χ0v) is 26.3. The van der Waals surface area contributed by atoms with Gasteiger partial charge < -0.3 is 10.3 Å². The summed E-state index contributed by atoms with van der Waals surface area (Å²) in [5.41, 5.74) is 5.00. The molecule has 0 unspecified atom stereocenters. The Bertz CT molecular complexity index is 1880. The fraction of sp³-hybridized carbons (Fsp3) is 0.211. The normalized spacial score (nSPS) is 21.3. The predicted octanol–water partition coefficient (Wildman–Crippen LogP) is 8.27. The molecule has 1 spiro atoms. The van der Waals surface area contributed by atoms with Crippen molar-refractivity contribution < 1.29 is 9.59 Å². The molecular weight excluding hydrogens is 601 g/mol. The van der Waals surface area contributed by atoms with Crippen LogP contribution in [0.15, 0.2) is 109 Å². The molecule has 4 aromatic carbocycles. The number of carbonyl (C=O) groups is 2. The molecule has 7 rings (SSSR count). The lowest BCUT2D eigenvalue weighted by Gasteiger charge is -2.47. The van der Waals surface area contributed by atoms with Crippen molar-refractivity contribution >= 4 is 51.9 Å². The van der Waals surface area contributed by atoms with Crippen LogP contribution in [0.5, 0.6) is 0 Å². The van der Waals surface area contributed by atoms with Crippen LogP contribution in [0.3, 0.4) is 0 Å². The summed E-state index contributed by atoms with van der Waals surface area (Å²) in [6, 6.07) is 35.0. The number of amides is 1. The Morgan fingerprint density at radius 3 is 2.31 bits per heavy atom. The Balaban J connectivity index is 0.00000115. The summed E-state index contributed by atoms with van der Waals surface area (Å²) in [7, 11) is 0. The number of aryl methyl sites for hydroxylation is 2. The zero-order valence-electron chi connectivity index (χ0n) is 24.8. The number of benzene rings is 4. The molecule has 1 amide bonds. The third-order valence-corrected chi connectivity index (χ3v) is 9.27. The Kier molecular flexibility index (Phi) is 8.46. The van der Waals surface area contributed by atoms with E-state index in [1.807, 2.05) is 91.9 Å². The fourth-order valence-corrected chi connectivity index (χ4v) is 7.48. The quantitative estimate of drug-likeness (QED) is 0.182. The molecular formula is C38H31Cl2N3O2. The molecule has 0 saturated carbocycles. The van der Waals surface area contributed by atoms with E-state index in [-0.39, 0.29) is 28.3 Å². The maximum Gasteiger partial charge on any atom is 0.244 e. The number of hydrogen-bond donors (Lipinski definition) is 1. The molecule has 1 heterocycles. The molecule has 7 heteroatoms. The van der Waals surface area contributed by atoms with Crippen molar-refractivity contribution in [2.75, 3.05) is 10.2 Å². The maximum atomic E-state index is 15.1. The molecule has 2 aliphatic carbocycles. The minimum absolute atomic E-state index is 0.0744. The number of halogens is 2. The number of Topliss-reactive ketones (excluding diaryl/α,β-unsaturated/α-hetero) is 1. The van der Waals surface area contributed by atoms with Gasteiger partial charge in [0.15, 0.2) is 5.78 Å². The van der Waals surface area contributed by atoms with Crippen LogP contribution in [0.25, 0.3) is 5.57 Å². The SMILES string of the molecule is Cc1ccc2c(c1)[C@]1(C(=N)C(C#N)=C3c4ccccc4CC[C@@H]3[C@H]1C(=O)c1ccccc1)C(=O)N2Cc1ccccc1.ClCCl. The van der Waals surface area contributed by atoms with E-state index in [2.05, 4.69) is 12.1 Å². The molecule has 45 heavy (non-hydrogen) atoms. The van der Waals surface area contributed by atoms with Crippen LogP contribution >= 0.6 is 23.2 Å². The van der Waals surface area contributed by atoms with Crippen molar-refractivity contribution in [2.45, 2.75) is 31.7 Å². The van der Waals surface area contributed by atoms with Gasteiger partial charge in [-0.1, -0.05) is 103 Å². The number of carbonyl (C=O) groups excluding carboxylic acids is 2. The Hall–Kier alpha value is -4.50. The topological polar surface area (TPSA) is 85.0 Å². The Morgan fingerprint density at radius 2 is 1.62 bits per heavy atom. The molecule has 0 aromatic heterocycles. The van der Waals surface area contributed by atoms with E-state index in [1.165, 1.54) is 0 Å². The lowest BCUT2D eigenvalue weighted by Crippen LogP contribution is -2.59. The summed E-state index contributed by atoms with van der Waals surface area (Å²) in [4.78, 5) is 31.6. The van der Waals surface area contributed by atoms with Crippen LogP contribution in [-0.2, 0) is 23.2 Å². The molecule has 0 bridgehead atoms. The van der Waals surface area contributed by atoms with Crippen LogP contribution in [0.1, 0.15) is 44.6 Å². The zero-order chi connectivity index (χ0) is 31.7. The number of nitrogens with one attached hydrogen (secondary N) is 1. The average molecular weight is 633 g/mol. The van der Waals surface area contributed by atoms with Crippen LogP contribution in [0.4, 0.5) is 5.69 Å². The molecule has 1 aliphatic heterocycles. The Labute approximate surface area is 273 Å². The smallest absolute Gasteiger partial charge is 0.244 e. The van der Waals surface area contributed by atoms with Gasteiger partial charge in [-0.2, -0.15) is 5.26 Å². The maximum absolute atomic E-state index is 15.1. The van der Waals surface area contributed by atoms with Gasteiger partial charge in [-0.25, -0.2) is 0 Å². The van der Waals surface area contributed by atoms with E-state index in [1.54, 1.807) is 17.0 Å². The second kappa shape index (κ2) is 12.5. The number of hydrogen-bond acceptors (Lipinski definition) is 4. The summed E-state index contributed by atoms with van der Waals surface area (Å²) in [6.45, 7) is 2.27. The number of rotatable bonds is 4. The molecule has 3 aliphatic rings. The number of alkyl halides is 2. The average Bonchev–Trinajstić information content (AvgIpc) is 3.29. The first-order valence-electron chi connectivity index (χ1n) is 14.9. The van der Waals surface area contributed by atoms with Gasteiger partial charge in [0.25, 0.3) is 0 Å². The van der Waals surface area contributed by atoms with E-state index in [0.29, 0.717) is 29.8 Å². The first-order chi connectivity index (χ1) is 21.9. The molecule has 224 valence electrons. The molecule has 0 radical (unpaired) electrons. The minimum Gasteiger partial charge on any atom is -0.307 e. The van der Waals surface area contributed by atoms with Crippen molar-refractivity contribution in [1.82, 2.24) is 0 Å². The van der Waals surface area contributed by atoms with E-state index in [9.17, 15) is 15.5 Å². The summed E-state index contributed by atoms with van der Waals surface area (Å²) in [5, 5.41) is 20.6. The minimum atomic E-state index is -1.62. The highest BCUT2D eigenvalue weighted by atomic mass is 35.5. The second-order valence-electron chi connectivity index (χ2n) is 11.6. The molecule has 4 aromatic rings. The summed E-state index contributed by atoms with van der Waals surface area (Å²) >= 11 is 9.53. The predicted molar refractivity (Wildman–Crippen MR) is 180 cm³/mol. The van der Waals surface area contributed by atoms with Crippen LogP contribution in [-0.4, -0.2) is 22.7 Å². The summed E-state index contributed by atoms with van der Waals surface area (Å²) in [5.74, 6) is -1.74. The van der Waals surface area contributed by atoms with E-state index < -0.39 is 17.3 Å². The Morgan fingerprint density at radius 1 is 0.978 bits per heavy atom. The van der Waals surface area contributed by atoms with Crippen molar-refractivity contribution in [2.24, 2.45) is 11.8 Å². The largest absolute Gasteiger partial charge is 0.307 e. The number of ketones is 1. The second-order valence-corrected chi connectivity index (χ2v) is 12.4. The summed E-state index contributed by atoms with van der Waals surface area (Å²) in [6.07, 6.45) is 1.34. The highest BCUT2D eigenvalue weighted by molar-refractivity contribution is 6.40. The fourth-order valence-electron chi connectivity index (χ4n) is 7.48. The lowest BCUT2D eigenvalue weighted by molar-refractivity contribution is -0.122. The molecule has 1 N–H and O–H groups in total. The van der Waals surface area contributed by atoms with Gasteiger partial charge in [0.2, 0.25) is 5.91 Å². The highest BCUT2D eigenvalue weighted by Gasteiger charge is 2.66. The number of nitrogens with zero attached hydrogens (tertiary/aromatic N) is 2. The lowest BCUT2D eigenvalue weighted by atomic mass is 9.52. The van der Waals surface area contributed by atoms with Crippen molar-refractivity contribution in [3.05, 3.63) is 142 Å². The molecule has 5 nitrogen and oxygen atoms in total. The van der Waals surface area contributed by atoms with Gasteiger partial charge in [0.05, 0.1) is 29.1 Å². The van der Waals surface area contributed by atoms with Crippen LogP contribution in [0, 0.1) is 35.5 Å². The third-order valence-electron chi connectivity index (χ3n) is 9.27. The number of anilines is 1. The van der Waals surface area contributed by atoms with Gasteiger partial charge >= 0.3 is 0 Å². The molecule has 3 atom stereocenters. The number of allylic oxidation sites excluding steroid dienone is 2. The van der Waals surface area contributed by atoms with Crippen LogP contribution in [0.2, 0.25) is 0 Å². The number of fused-ring (bicyclic) bond motifs is 5. The van der Waals surface area contributed by atoms with Gasteiger partial charge in [-0.15, -0.1) is 23.2 Å². The van der Waals surface area contributed by atoms with E-state index >= 15 is 4.79 Å². The monoisotopic (exact) mass is 631 g/mol. The standard InChI is InChI=1S/C37H29N3O2.CH2Cl2/c1-23-16-19-31-30(20-23)37(36(42)40(31)22-24-10-4-2-5-11-24)33(34(41)26-13-6-3-7-14-26)28-18-17-25-12-8-9-15-27(25)32(28)29(21-38)35(37)39;2-1-3/h2-16,19-20,28,33,39H,17-18,22H2,1H3;1H2/t28-,33-,37-;/m0./s1. The van der Waals surface area contributed by atoms with E-state index in [4.69, 9.17) is 23.2 Å². The van der Waals surface area contributed by atoms with Crippen molar-refractivity contribution in [3.63, 3.8) is 0 Å².